The van der Waals surface area contributed by atoms with Crippen molar-refractivity contribution in [3.63, 3.8) is 0 Å². The summed E-state index contributed by atoms with van der Waals surface area (Å²) in [5.41, 5.74) is 0. The van der Waals surface area contributed by atoms with Crippen molar-refractivity contribution in [2.45, 2.75) is 426 Å². The molecule has 576 valence electrons. The first-order valence-corrected chi connectivity index (χ1v) is 43.5. The maximum atomic E-state index is 13.1. The first-order chi connectivity index (χ1) is 46.9. The van der Waals surface area contributed by atoms with Crippen molar-refractivity contribution in [1.29, 1.82) is 0 Å². The van der Waals surface area contributed by atoms with Crippen LogP contribution in [-0.2, 0) is 65.4 Å². The molecule has 0 aliphatic rings. The molecule has 0 rings (SSSR count). The van der Waals surface area contributed by atoms with Crippen LogP contribution < -0.4 is 0 Å². The minimum absolute atomic E-state index is 0.107. The van der Waals surface area contributed by atoms with E-state index >= 15 is 0 Å². The highest BCUT2D eigenvalue weighted by atomic mass is 31.2. The number of aliphatic hydroxyl groups excluding tert-OH is 1. The van der Waals surface area contributed by atoms with Gasteiger partial charge in [0.2, 0.25) is 0 Å². The van der Waals surface area contributed by atoms with Crippen molar-refractivity contribution >= 4 is 39.5 Å². The molecule has 0 aliphatic heterocycles. The van der Waals surface area contributed by atoms with E-state index in [9.17, 15) is 43.2 Å². The molecule has 17 nitrogen and oxygen atoms in total. The lowest BCUT2D eigenvalue weighted by Gasteiger charge is -2.21. The predicted molar refractivity (Wildman–Crippen MR) is 395 cm³/mol. The molecule has 19 heteroatoms. The highest BCUT2D eigenvalue weighted by Crippen LogP contribution is 2.45. The van der Waals surface area contributed by atoms with Crippen molar-refractivity contribution in [2.24, 2.45) is 11.8 Å². The van der Waals surface area contributed by atoms with Crippen LogP contribution in [-0.4, -0.2) is 96.7 Å². The molecule has 0 saturated carbocycles. The molecule has 0 aromatic carbocycles. The summed E-state index contributed by atoms with van der Waals surface area (Å²) in [5, 5.41) is 10.6. The van der Waals surface area contributed by atoms with Gasteiger partial charge in [-0.2, -0.15) is 0 Å². The van der Waals surface area contributed by atoms with Crippen molar-refractivity contribution in [2.75, 3.05) is 39.6 Å². The highest BCUT2D eigenvalue weighted by molar-refractivity contribution is 7.47. The number of aliphatic hydroxyl groups is 1. The fraction of sp³-hybridized carbons (Fsp3) is 0.949. The first kappa shape index (κ1) is 95.1. The number of unbranched alkanes of at least 4 members (excludes halogenated alkanes) is 46. The minimum Gasteiger partial charge on any atom is -0.462 e. The molecule has 0 radical (unpaired) electrons. The first-order valence-electron chi connectivity index (χ1n) is 40.5. The topological polar surface area (TPSA) is 237 Å². The Balaban J connectivity index is 5.25. The lowest BCUT2D eigenvalue weighted by atomic mass is 9.99. The Labute approximate surface area is 594 Å². The van der Waals surface area contributed by atoms with Crippen molar-refractivity contribution in [3.8, 4) is 0 Å². The number of hydrogen-bond donors (Lipinski definition) is 3. The van der Waals surface area contributed by atoms with Crippen LogP contribution in [0.25, 0.3) is 0 Å². The van der Waals surface area contributed by atoms with Gasteiger partial charge in [-0.05, 0) is 37.5 Å². The summed E-state index contributed by atoms with van der Waals surface area (Å²) in [5.74, 6) is -0.505. The zero-order chi connectivity index (χ0) is 71.4. The molecule has 0 heterocycles. The second kappa shape index (κ2) is 69.8. The third-order valence-electron chi connectivity index (χ3n) is 18.6. The van der Waals surface area contributed by atoms with Gasteiger partial charge in [0.1, 0.15) is 19.3 Å². The molecular weight excluding hydrogens is 1270 g/mol. The predicted octanol–water partition coefficient (Wildman–Crippen LogP) is 23.1. The standard InChI is InChI=1S/C78H152O17P2/c1-7-10-12-14-16-18-20-21-23-27-30-37-43-49-55-61-76(81)89-67-74(94-77(82)62-56-50-44-38-31-28-25-22-24-26-29-34-40-46-52-58-70(4)5)69-93-97(86,87)91-65-72(79)64-90-96(84,85)92-68-73(66-88-75(80)60-54-48-42-36-19-17-15-13-11-8-2)95-78(83)63-57-51-45-39-33-32-35-41-47-53-59-71(6)9-3/h70-74,79H,7-69H2,1-6H3,(H,84,85)(H,86,87)/t71?,72-,73+,74+/m0/s1. The molecule has 0 fully saturated rings. The van der Waals surface area contributed by atoms with Gasteiger partial charge in [0.15, 0.2) is 12.2 Å². The Morgan fingerprint density at radius 3 is 0.784 bits per heavy atom. The summed E-state index contributed by atoms with van der Waals surface area (Å²) >= 11 is 0. The zero-order valence-electron chi connectivity index (χ0n) is 63.4. The van der Waals surface area contributed by atoms with Crippen LogP contribution in [0.1, 0.15) is 408 Å². The number of rotatable bonds is 77. The smallest absolute Gasteiger partial charge is 0.462 e. The van der Waals surface area contributed by atoms with Gasteiger partial charge in [-0.15, -0.1) is 0 Å². The van der Waals surface area contributed by atoms with Gasteiger partial charge in [0, 0.05) is 25.7 Å². The Morgan fingerprint density at radius 1 is 0.299 bits per heavy atom. The highest BCUT2D eigenvalue weighted by Gasteiger charge is 2.30. The summed E-state index contributed by atoms with van der Waals surface area (Å²) < 4.78 is 68.6. The van der Waals surface area contributed by atoms with E-state index in [1.165, 1.54) is 225 Å². The maximum absolute atomic E-state index is 13.1. The SMILES string of the molecule is CCCCCCCCCCCCCCCCCC(=O)OC[C@H](COP(=O)(O)OC[C@@H](O)COP(=O)(O)OC[C@@H](COC(=O)CCCCCCCCCCCC)OC(=O)CCCCCCCCCCCCC(C)CC)OC(=O)CCCCCCCCCCCCCCCCCC(C)C. The third-order valence-corrected chi connectivity index (χ3v) is 20.5. The lowest BCUT2D eigenvalue weighted by Crippen LogP contribution is -2.30. The van der Waals surface area contributed by atoms with Gasteiger partial charge >= 0.3 is 39.5 Å². The Hall–Kier alpha value is -1.94. The molecule has 0 amide bonds. The van der Waals surface area contributed by atoms with Crippen LogP contribution in [0.2, 0.25) is 0 Å². The number of phosphoric acid groups is 2. The third kappa shape index (κ3) is 70.9. The Morgan fingerprint density at radius 2 is 0.526 bits per heavy atom. The fourth-order valence-electron chi connectivity index (χ4n) is 12.0. The minimum atomic E-state index is -4.96. The zero-order valence-corrected chi connectivity index (χ0v) is 65.2. The second-order valence-electron chi connectivity index (χ2n) is 28.8. The molecule has 0 aliphatic carbocycles. The second-order valence-corrected chi connectivity index (χ2v) is 31.7. The van der Waals surface area contributed by atoms with Crippen LogP contribution in [0, 0.1) is 11.8 Å². The van der Waals surface area contributed by atoms with Gasteiger partial charge in [-0.3, -0.25) is 37.3 Å². The van der Waals surface area contributed by atoms with E-state index in [1.54, 1.807) is 0 Å². The van der Waals surface area contributed by atoms with E-state index in [0.717, 1.165) is 102 Å². The molecule has 0 bridgehead atoms. The van der Waals surface area contributed by atoms with Crippen LogP contribution in [0.15, 0.2) is 0 Å². The van der Waals surface area contributed by atoms with Gasteiger partial charge in [-0.1, -0.05) is 356 Å². The molecule has 0 aromatic heterocycles. The van der Waals surface area contributed by atoms with Gasteiger partial charge < -0.3 is 33.8 Å². The van der Waals surface area contributed by atoms with Crippen LogP contribution >= 0.6 is 15.6 Å². The number of carbonyl (C=O) groups excluding carboxylic acids is 4. The number of carbonyl (C=O) groups is 4. The molecule has 97 heavy (non-hydrogen) atoms. The summed E-state index contributed by atoms with van der Waals surface area (Å²) in [6.45, 7) is 9.66. The van der Waals surface area contributed by atoms with Crippen LogP contribution in [0.3, 0.4) is 0 Å². The average molecular weight is 1420 g/mol. The number of esters is 4. The van der Waals surface area contributed by atoms with E-state index < -0.39 is 97.5 Å². The van der Waals surface area contributed by atoms with E-state index in [1.807, 2.05) is 0 Å². The molecule has 3 N–H and O–H groups in total. The fourth-order valence-corrected chi connectivity index (χ4v) is 13.6. The molecule has 0 saturated heterocycles. The van der Waals surface area contributed by atoms with E-state index in [-0.39, 0.29) is 25.7 Å². The van der Waals surface area contributed by atoms with Crippen molar-refractivity contribution in [3.05, 3.63) is 0 Å². The molecule has 0 spiro atoms. The number of ether oxygens (including phenoxy) is 4. The van der Waals surface area contributed by atoms with Gasteiger partial charge in [0.05, 0.1) is 26.4 Å². The van der Waals surface area contributed by atoms with Gasteiger partial charge in [-0.25, -0.2) is 9.13 Å². The largest absolute Gasteiger partial charge is 0.472 e. The summed E-state index contributed by atoms with van der Waals surface area (Å²) in [6.07, 6.45) is 58.1. The Bertz CT molecular complexity index is 1870. The summed E-state index contributed by atoms with van der Waals surface area (Å²) in [4.78, 5) is 72.9. The number of phosphoric ester groups is 2. The van der Waals surface area contributed by atoms with Crippen LogP contribution in [0.4, 0.5) is 0 Å². The Kier molecular flexibility index (Phi) is 68.4. The van der Waals surface area contributed by atoms with E-state index in [4.69, 9.17) is 37.0 Å². The molecule has 0 aromatic rings. The van der Waals surface area contributed by atoms with Gasteiger partial charge in [0.25, 0.3) is 0 Å². The molecule has 3 unspecified atom stereocenters. The maximum Gasteiger partial charge on any atom is 0.472 e. The summed E-state index contributed by atoms with van der Waals surface area (Å²) in [6, 6.07) is 0. The quantitative estimate of drug-likeness (QED) is 0.0222. The number of hydrogen-bond acceptors (Lipinski definition) is 15. The monoisotopic (exact) mass is 1420 g/mol. The molecule has 6 atom stereocenters. The van der Waals surface area contributed by atoms with Crippen molar-refractivity contribution < 1.29 is 80.2 Å². The molecular formula is C78H152O17P2. The van der Waals surface area contributed by atoms with E-state index in [2.05, 4.69) is 41.5 Å². The normalized spacial score (nSPS) is 14.2. The average Bonchev–Trinajstić information content (AvgIpc) is 1.41. The lowest BCUT2D eigenvalue weighted by molar-refractivity contribution is -0.161. The van der Waals surface area contributed by atoms with Crippen LogP contribution in [0.5, 0.6) is 0 Å². The van der Waals surface area contributed by atoms with Crippen molar-refractivity contribution in [1.82, 2.24) is 0 Å². The summed E-state index contributed by atoms with van der Waals surface area (Å²) in [7, 11) is -9.91. The van der Waals surface area contributed by atoms with E-state index in [0.29, 0.717) is 25.7 Å².